The molecule has 0 saturated heterocycles. The van der Waals surface area contributed by atoms with Crippen molar-refractivity contribution in [3.05, 3.63) is 88.0 Å². The standard InChI is InChI=1S/C28H25NO5/c1-32-20-4-2-3-17(11-20)12-25-18(15-29)5-7-24-23(25)9-10-26(24)34-21-6-8-22-19(13-28(30)31)16-33-27(22)14-21/h2-8,11,14,19,26H,9-10,12-13,16H2,1H3,(H,30,31). The zero-order chi connectivity index (χ0) is 23.7. The molecule has 3 aromatic rings. The number of rotatable bonds is 7. The summed E-state index contributed by atoms with van der Waals surface area (Å²) < 4.78 is 17.4. The molecular weight excluding hydrogens is 430 g/mol. The molecule has 0 saturated carbocycles. The summed E-state index contributed by atoms with van der Waals surface area (Å²) in [5, 5.41) is 18.8. The summed E-state index contributed by atoms with van der Waals surface area (Å²) in [4.78, 5) is 11.1. The van der Waals surface area contributed by atoms with Crippen molar-refractivity contribution in [1.82, 2.24) is 0 Å². The third-order valence-corrected chi connectivity index (χ3v) is 6.67. The maximum Gasteiger partial charge on any atom is 0.304 e. The summed E-state index contributed by atoms with van der Waals surface area (Å²) in [7, 11) is 1.65. The first-order valence-electron chi connectivity index (χ1n) is 11.4. The molecule has 1 heterocycles. The predicted octanol–water partition coefficient (Wildman–Crippen LogP) is 5.17. The predicted molar refractivity (Wildman–Crippen MR) is 126 cm³/mol. The summed E-state index contributed by atoms with van der Waals surface area (Å²) in [5.41, 5.74) is 6.06. The van der Waals surface area contributed by atoms with Gasteiger partial charge in [0.15, 0.2) is 0 Å². The van der Waals surface area contributed by atoms with Crippen LogP contribution >= 0.6 is 0 Å². The molecule has 0 spiro atoms. The van der Waals surface area contributed by atoms with Crippen molar-refractivity contribution in [3.63, 3.8) is 0 Å². The van der Waals surface area contributed by atoms with Gasteiger partial charge in [-0.05, 0) is 65.8 Å². The van der Waals surface area contributed by atoms with Gasteiger partial charge in [0.05, 0.1) is 31.8 Å². The Morgan fingerprint density at radius 3 is 2.79 bits per heavy atom. The monoisotopic (exact) mass is 455 g/mol. The van der Waals surface area contributed by atoms with E-state index in [0.29, 0.717) is 30.1 Å². The number of nitrogens with zero attached hydrogens (tertiary/aromatic N) is 1. The molecule has 34 heavy (non-hydrogen) atoms. The normalized spacial score (nSPS) is 17.9. The van der Waals surface area contributed by atoms with Crippen LogP contribution in [0.25, 0.3) is 0 Å². The van der Waals surface area contributed by atoms with E-state index in [1.54, 1.807) is 7.11 Å². The molecule has 0 amide bonds. The van der Waals surface area contributed by atoms with Gasteiger partial charge in [-0.2, -0.15) is 5.26 Å². The highest BCUT2D eigenvalue weighted by Crippen LogP contribution is 2.42. The van der Waals surface area contributed by atoms with E-state index in [-0.39, 0.29) is 18.4 Å². The van der Waals surface area contributed by atoms with E-state index in [0.717, 1.165) is 40.8 Å². The third-order valence-electron chi connectivity index (χ3n) is 6.67. The van der Waals surface area contributed by atoms with Crippen LogP contribution < -0.4 is 14.2 Å². The van der Waals surface area contributed by atoms with Crippen LogP contribution in [0.1, 0.15) is 58.2 Å². The second kappa shape index (κ2) is 9.11. The Balaban J connectivity index is 1.39. The van der Waals surface area contributed by atoms with Crippen molar-refractivity contribution in [2.45, 2.75) is 37.7 Å². The SMILES string of the molecule is COc1cccc(Cc2c(C#N)ccc3c2CCC3Oc2ccc3c(c2)OCC3CC(=O)O)c1. The molecule has 0 radical (unpaired) electrons. The number of carboxylic acids is 1. The van der Waals surface area contributed by atoms with Crippen LogP contribution in [0.15, 0.2) is 54.6 Å². The molecular formula is C28H25NO5. The van der Waals surface area contributed by atoms with E-state index >= 15 is 0 Å². The fourth-order valence-electron chi connectivity index (χ4n) is 5.03. The molecule has 2 aliphatic rings. The number of nitriles is 1. The van der Waals surface area contributed by atoms with Crippen molar-refractivity contribution >= 4 is 5.97 Å². The topological polar surface area (TPSA) is 88.8 Å². The zero-order valence-electron chi connectivity index (χ0n) is 18.9. The van der Waals surface area contributed by atoms with Gasteiger partial charge in [-0.3, -0.25) is 4.79 Å². The molecule has 2 atom stereocenters. The van der Waals surface area contributed by atoms with Gasteiger partial charge in [-0.1, -0.05) is 24.3 Å². The van der Waals surface area contributed by atoms with E-state index in [1.165, 1.54) is 5.56 Å². The first kappa shape index (κ1) is 21.8. The second-order valence-corrected chi connectivity index (χ2v) is 8.75. The number of hydrogen-bond donors (Lipinski definition) is 1. The average molecular weight is 456 g/mol. The number of fused-ring (bicyclic) bond motifs is 2. The van der Waals surface area contributed by atoms with Crippen molar-refractivity contribution in [1.29, 1.82) is 5.26 Å². The largest absolute Gasteiger partial charge is 0.497 e. The minimum absolute atomic E-state index is 0.0560. The second-order valence-electron chi connectivity index (χ2n) is 8.75. The highest BCUT2D eigenvalue weighted by molar-refractivity contribution is 5.68. The maximum absolute atomic E-state index is 11.1. The van der Waals surface area contributed by atoms with Crippen LogP contribution in [0.3, 0.4) is 0 Å². The zero-order valence-corrected chi connectivity index (χ0v) is 18.9. The van der Waals surface area contributed by atoms with Crippen molar-refractivity contribution in [3.8, 4) is 23.3 Å². The Kier molecular flexibility index (Phi) is 5.85. The summed E-state index contributed by atoms with van der Waals surface area (Å²) in [6, 6.07) is 19.8. The Labute approximate surface area is 198 Å². The lowest BCUT2D eigenvalue weighted by atomic mass is 9.92. The van der Waals surface area contributed by atoms with Gasteiger partial charge in [0.2, 0.25) is 0 Å². The summed E-state index contributed by atoms with van der Waals surface area (Å²) >= 11 is 0. The van der Waals surface area contributed by atoms with Gasteiger partial charge in [0.1, 0.15) is 23.4 Å². The number of aliphatic carboxylic acids is 1. The molecule has 3 aromatic carbocycles. The first-order chi connectivity index (χ1) is 16.6. The van der Waals surface area contributed by atoms with Crippen LogP contribution in [0.4, 0.5) is 0 Å². The number of carboxylic acid groups (broad SMARTS) is 1. The van der Waals surface area contributed by atoms with Gasteiger partial charge in [-0.15, -0.1) is 0 Å². The molecule has 0 fully saturated rings. The number of methoxy groups -OCH3 is 1. The number of benzene rings is 3. The van der Waals surface area contributed by atoms with Crippen molar-refractivity contribution in [2.75, 3.05) is 13.7 Å². The molecule has 5 rings (SSSR count). The number of carbonyl (C=O) groups is 1. The Morgan fingerprint density at radius 1 is 1.15 bits per heavy atom. The molecule has 172 valence electrons. The fraction of sp³-hybridized carbons (Fsp3) is 0.286. The molecule has 1 N–H and O–H groups in total. The molecule has 1 aliphatic heterocycles. The smallest absolute Gasteiger partial charge is 0.304 e. The summed E-state index contributed by atoms with van der Waals surface area (Å²) in [6.45, 7) is 0.377. The first-order valence-corrected chi connectivity index (χ1v) is 11.4. The third kappa shape index (κ3) is 4.17. The van der Waals surface area contributed by atoms with Gasteiger partial charge >= 0.3 is 5.97 Å². The van der Waals surface area contributed by atoms with Crippen LogP contribution in [-0.2, 0) is 17.6 Å². The Hall–Kier alpha value is -3.98. The molecule has 6 heteroatoms. The van der Waals surface area contributed by atoms with Crippen molar-refractivity contribution in [2.24, 2.45) is 0 Å². The quantitative estimate of drug-likeness (QED) is 0.528. The van der Waals surface area contributed by atoms with Crippen LogP contribution in [0.5, 0.6) is 17.2 Å². The minimum atomic E-state index is -0.828. The van der Waals surface area contributed by atoms with Gasteiger partial charge in [0.25, 0.3) is 0 Å². The number of hydrogen-bond acceptors (Lipinski definition) is 5. The van der Waals surface area contributed by atoms with E-state index < -0.39 is 5.97 Å². The van der Waals surface area contributed by atoms with Crippen LogP contribution in [-0.4, -0.2) is 24.8 Å². The maximum atomic E-state index is 11.1. The lowest BCUT2D eigenvalue weighted by Gasteiger charge is -2.17. The molecule has 6 nitrogen and oxygen atoms in total. The lowest BCUT2D eigenvalue weighted by molar-refractivity contribution is -0.137. The Bertz CT molecular complexity index is 1290. The van der Waals surface area contributed by atoms with Gasteiger partial charge in [0, 0.05) is 17.5 Å². The van der Waals surface area contributed by atoms with E-state index in [9.17, 15) is 10.1 Å². The summed E-state index contributed by atoms with van der Waals surface area (Å²) in [5.74, 6) is 1.24. The van der Waals surface area contributed by atoms with Gasteiger partial charge < -0.3 is 19.3 Å². The molecule has 1 aliphatic carbocycles. The van der Waals surface area contributed by atoms with Crippen molar-refractivity contribution < 1.29 is 24.1 Å². The summed E-state index contributed by atoms with van der Waals surface area (Å²) in [6.07, 6.45) is 2.28. The number of ether oxygens (including phenoxy) is 3. The van der Waals surface area contributed by atoms with E-state index in [4.69, 9.17) is 19.3 Å². The minimum Gasteiger partial charge on any atom is -0.497 e. The molecule has 0 aromatic heterocycles. The molecule has 2 unspecified atom stereocenters. The van der Waals surface area contributed by atoms with Crippen LogP contribution in [0.2, 0.25) is 0 Å². The van der Waals surface area contributed by atoms with Crippen LogP contribution in [0, 0.1) is 11.3 Å². The highest BCUT2D eigenvalue weighted by Gasteiger charge is 2.30. The van der Waals surface area contributed by atoms with Gasteiger partial charge in [-0.25, -0.2) is 0 Å². The Morgan fingerprint density at radius 2 is 2.00 bits per heavy atom. The average Bonchev–Trinajstić information content (AvgIpc) is 3.43. The molecule has 0 bridgehead atoms. The fourth-order valence-corrected chi connectivity index (χ4v) is 5.03. The van der Waals surface area contributed by atoms with E-state index in [2.05, 4.69) is 6.07 Å². The highest BCUT2D eigenvalue weighted by atomic mass is 16.5. The van der Waals surface area contributed by atoms with E-state index in [1.807, 2.05) is 54.6 Å². The lowest BCUT2D eigenvalue weighted by Crippen LogP contribution is -2.07.